The molecule has 0 unspecified atom stereocenters. The molecule has 1 aliphatic carbocycles. The van der Waals surface area contributed by atoms with E-state index in [1.54, 1.807) is 16.3 Å². The number of amides is 1. The van der Waals surface area contributed by atoms with Crippen LogP contribution in [0.5, 0.6) is 0 Å². The van der Waals surface area contributed by atoms with Crippen LogP contribution in [0.2, 0.25) is 0 Å². The summed E-state index contributed by atoms with van der Waals surface area (Å²) in [5.74, 6) is -0.307. The summed E-state index contributed by atoms with van der Waals surface area (Å²) in [4.78, 5) is 19.0. The van der Waals surface area contributed by atoms with E-state index < -0.39 is 11.7 Å². The fraction of sp³-hybridized carbons (Fsp3) is 0.474. The molecule has 2 N–H and O–H groups in total. The van der Waals surface area contributed by atoms with Crippen molar-refractivity contribution in [2.24, 2.45) is 5.73 Å². The standard InChI is InChI=1S/C19H22F3N3OS.ClH/c20-19(21,22)15-8-4-1-5-13(15)11-25(14-6-2-3-7-14)18(26)16-12-27-17(24-16)9-10-23;/h1,4-5,8,12,14H,2-3,6-7,9-11,23H2;1H. The van der Waals surface area contributed by atoms with Gasteiger partial charge in [0.25, 0.3) is 5.91 Å². The van der Waals surface area contributed by atoms with Crippen LogP contribution in [0, 0.1) is 0 Å². The lowest BCUT2D eigenvalue weighted by molar-refractivity contribution is -0.138. The molecule has 154 valence electrons. The number of halogens is 4. The van der Waals surface area contributed by atoms with Gasteiger partial charge >= 0.3 is 6.18 Å². The second-order valence-electron chi connectivity index (χ2n) is 6.69. The Morgan fingerprint density at radius 2 is 1.93 bits per heavy atom. The highest BCUT2D eigenvalue weighted by Crippen LogP contribution is 2.34. The molecule has 3 rings (SSSR count). The summed E-state index contributed by atoms with van der Waals surface area (Å²) >= 11 is 1.36. The summed E-state index contributed by atoms with van der Waals surface area (Å²) in [5.41, 5.74) is 5.24. The zero-order valence-corrected chi connectivity index (χ0v) is 16.9. The van der Waals surface area contributed by atoms with Gasteiger partial charge in [-0.15, -0.1) is 23.7 Å². The third kappa shape index (κ3) is 5.24. The van der Waals surface area contributed by atoms with Gasteiger partial charge in [-0.1, -0.05) is 31.0 Å². The number of hydrogen-bond donors (Lipinski definition) is 1. The maximum absolute atomic E-state index is 13.4. The van der Waals surface area contributed by atoms with Gasteiger partial charge in [0.15, 0.2) is 0 Å². The Kier molecular flexibility index (Phi) is 7.86. The largest absolute Gasteiger partial charge is 0.416 e. The third-order valence-corrected chi connectivity index (χ3v) is 5.73. The minimum Gasteiger partial charge on any atom is -0.330 e. The first-order valence-corrected chi connectivity index (χ1v) is 9.88. The minimum absolute atomic E-state index is 0. The van der Waals surface area contributed by atoms with Crippen molar-refractivity contribution >= 4 is 29.7 Å². The van der Waals surface area contributed by atoms with Crippen LogP contribution < -0.4 is 5.73 Å². The molecule has 2 aromatic rings. The fourth-order valence-electron chi connectivity index (χ4n) is 3.50. The van der Waals surface area contributed by atoms with E-state index in [-0.39, 0.29) is 36.5 Å². The molecule has 9 heteroatoms. The molecule has 0 radical (unpaired) electrons. The van der Waals surface area contributed by atoms with Crippen LogP contribution in [0.25, 0.3) is 0 Å². The van der Waals surface area contributed by atoms with E-state index in [0.29, 0.717) is 18.7 Å². The predicted octanol–water partition coefficient (Wildman–Crippen LogP) is 4.67. The van der Waals surface area contributed by atoms with Gasteiger partial charge in [-0.3, -0.25) is 4.79 Å². The van der Waals surface area contributed by atoms with Gasteiger partial charge in [0.05, 0.1) is 10.6 Å². The van der Waals surface area contributed by atoms with Gasteiger partial charge in [-0.2, -0.15) is 13.2 Å². The summed E-state index contributed by atoms with van der Waals surface area (Å²) in [6.07, 6.45) is -0.302. The Morgan fingerprint density at radius 3 is 2.57 bits per heavy atom. The highest BCUT2D eigenvalue weighted by atomic mass is 35.5. The van der Waals surface area contributed by atoms with E-state index in [4.69, 9.17) is 5.73 Å². The maximum Gasteiger partial charge on any atom is 0.416 e. The zero-order valence-electron chi connectivity index (χ0n) is 15.2. The Morgan fingerprint density at radius 1 is 1.25 bits per heavy atom. The average molecular weight is 434 g/mol. The number of alkyl halides is 3. The molecule has 0 aliphatic heterocycles. The van der Waals surface area contributed by atoms with E-state index in [1.165, 1.54) is 23.5 Å². The molecule has 1 fully saturated rings. The molecule has 0 atom stereocenters. The van der Waals surface area contributed by atoms with Crippen LogP contribution in [-0.2, 0) is 19.1 Å². The second kappa shape index (κ2) is 9.71. The molecule has 1 amide bonds. The van der Waals surface area contributed by atoms with Gasteiger partial charge in [-0.05, 0) is 31.0 Å². The van der Waals surface area contributed by atoms with Gasteiger partial charge in [0, 0.05) is 24.4 Å². The molecule has 1 aromatic carbocycles. The highest BCUT2D eigenvalue weighted by Gasteiger charge is 2.35. The molecule has 0 saturated heterocycles. The highest BCUT2D eigenvalue weighted by molar-refractivity contribution is 7.09. The van der Waals surface area contributed by atoms with Crippen molar-refractivity contribution in [2.75, 3.05) is 6.54 Å². The fourth-order valence-corrected chi connectivity index (χ4v) is 4.28. The number of aromatic nitrogens is 1. The number of carbonyl (C=O) groups excluding carboxylic acids is 1. The van der Waals surface area contributed by atoms with Crippen LogP contribution in [0.4, 0.5) is 13.2 Å². The van der Waals surface area contributed by atoms with Gasteiger partial charge in [0.1, 0.15) is 5.69 Å². The predicted molar refractivity (Wildman–Crippen MR) is 106 cm³/mol. The maximum atomic E-state index is 13.4. The van der Waals surface area contributed by atoms with Crippen molar-refractivity contribution in [1.29, 1.82) is 0 Å². The normalized spacial score (nSPS) is 14.7. The Hall–Kier alpha value is -1.64. The van der Waals surface area contributed by atoms with Gasteiger partial charge in [0.2, 0.25) is 0 Å². The molecular weight excluding hydrogens is 411 g/mol. The number of rotatable bonds is 6. The van der Waals surface area contributed by atoms with E-state index >= 15 is 0 Å². The van der Waals surface area contributed by atoms with Crippen molar-refractivity contribution in [3.63, 3.8) is 0 Å². The summed E-state index contributed by atoms with van der Waals surface area (Å²) in [6, 6.07) is 5.39. The molecule has 0 bridgehead atoms. The van der Waals surface area contributed by atoms with Crippen molar-refractivity contribution in [1.82, 2.24) is 9.88 Å². The Balaban J connectivity index is 0.00000280. The van der Waals surface area contributed by atoms with E-state index in [0.717, 1.165) is 36.8 Å². The van der Waals surface area contributed by atoms with Crippen LogP contribution in [0.3, 0.4) is 0 Å². The third-order valence-electron chi connectivity index (χ3n) is 4.82. The molecule has 1 aromatic heterocycles. The quantitative estimate of drug-likeness (QED) is 0.720. The monoisotopic (exact) mass is 433 g/mol. The number of nitrogens with zero attached hydrogens (tertiary/aromatic N) is 2. The van der Waals surface area contributed by atoms with Crippen LogP contribution in [0.15, 0.2) is 29.6 Å². The van der Waals surface area contributed by atoms with Crippen LogP contribution in [-0.4, -0.2) is 28.4 Å². The van der Waals surface area contributed by atoms with Gasteiger partial charge in [-0.25, -0.2) is 4.98 Å². The van der Waals surface area contributed by atoms with E-state index in [2.05, 4.69) is 4.98 Å². The SMILES string of the molecule is Cl.NCCc1nc(C(=O)N(Cc2ccccc2C(F)(F)F)C2CCCC2)cs1. The molecule has 1 saturated carbocycles. The van der Waals surface area contributed by atoms with E-state index in [9.17, 15) is 18.0 Å². The second-order valence-corrected chi connectivity index (χ2v) is 7.63. The first kappa shape index (κ1) is 22.6. The van der Waals surface area contributed by atoms with Crippen molar-refractivity contribution in [3.05, 3.63) is 51.5 Å². The lowest BCUT2D eigenvalue weighted by Crippen LogP contribution is -2.39. The van der Waals surface area contributed by atoms with Crippen LogP contribution in [0.1, 0.15) is 52.3 Å². The van der Waals surface area contributed by atoms with Gasteiger partial charge < -0.3 is 10.6 Å². The Bertz CT molecular complexity index is 791. The molecular formula is C19H23ClF3N3OS. The molecule has 28 heavy (non-hydrogen) atoms. The summed E-state index contributed by atoms with van der Waals surface area (Å²) in [6.45, 7) is 0.370. The van der Waals surface area contributed by atoms with Crippen molar-refractivity contribution < 1.29 is 18.0 Å². The summed E-state index contributed by atoms with van der Waals surface area (Å²) in [5, 5.41) is 2.44. The first-order chi connectivity index (χ1) is 12.9. The van der Waals surface area contributed by atoms with Crippen molar-refractivity contribution in [3.8, 4) is 0 Å². The van der Waals surface area contributed by atoms with E-state index in [1.807, 2.05) is 0 Å². The zero-order chi connectivity index (χ0) is 19.4. The number of hydrogen-bond acceptors (Lipinski definition) is 4. The number of thiazole rings is 1. The summed E-state index contributed by atoms with van der Waals surface area (Å²) < 4.78 is 40.1. The molecule has 0 spiro atoms. The molecule has 1 heterocycles. The number of benzene rings is 1. The molecule has 1 aliphatic rings. The topological polar surface area (TPSA) is 59.2 Å². The van der Waals surface area contributed by atoms with Crippen LogP contribution >= 0.6 is 23.7 Å². The lowest BCUT2D eigenvalue weighted by atomic mass is 10.0. The lowest BCUT2D eigenvalue weighted by Gasteiger charge is -2.29. The number of nitrogens with two attached hydrogens (primary N) is 1. The average Bonchev–Trinajstić information content (AvgIpc) is 3.31. The number of carbonyl (C=O) groups is 1. The molecule has 4 nitrogen and oxygen atoms in total. The summed E-state index contributed by atoms with van der Waals surface area (Å²) in [7, 11) is 0. The first-order valence-electron chi connectivity index (χ1n) is 9.00. The smallest absolute Gasteiger partial charge is 0.330 e. The Labute approximate surface area is 172 Å². The van der Waals surface area contributed by atoms with Crippen molar-refractivity contribution in [2.45, 2.75) is 50.9 Å². The minimum atomic E-state index is -4.45.